The summed E-state index contributed by atoms with van der Waals surface area (Å²) in [4.78, 5) is 0. The predicted octanol–water partition coefficient (Wildman–Crippen LogP) is 3.96. The molecule has 0 heterocycles. The number of hydrogen-bond acceptors (Lipinski definition) is 1. The second-order valence-electron chi connectivity index (χ2n) is 6.15. The highest BCUT2D eigenvalue weighted by Crippen LogP contribution is 2.37. The lowest BCUT2D eigenvalue weighted by atomic mass is 9.68. The monoisotopic (exact) mass is 214 g/mol. The molecular formula is C14H30O. The molecule has 1 nitrogen and oxygen atoms in total. The standard InChI is InChI=1S/C14H30O/c1-9(2)11(5)13(7)14(8,15)12(6)10(3)4/h9-13,15H,1-8H3. The van der Waals surface area contributed by atoms with Gasteiger partial charge >= 0.3 is 0 Å². The molecule has 4 unspecified atom stereocenters. The zero-order valence-electron chi connectivity index (χ0n) is 11.8. The van der Waals surface area contributed by atoms with Crippen LogP contribution in [0.2, 0.25) is 0 Å². The van der Waals surface area contributed by atoms with Gasteiger partial charge in [0.05, 0.1) is 5.60 Å². The highest BCUT2D eigenvalue weighted by atomic mass is 16.3. The number of rotatable bonds is 5. The molecule has 0 saturated carbocycles. The summed E-state index contributed by atoms with van der Waals surface area (Å²) in [6.07, 6.45) is 0. The van der Waals surface area contributed by atoms with Crippen LogP contribution in [0, 0.1) is 29.6 Å². The average Bonchev–Trinajstić information content (AvgIpc) is 2.13. The first kappa shape index (κ1) is 15.0. The van der Waals surface area contributed by atoms with Crippen molar-refractivity contribution in [3.63, 3.8) is 0 Å². The van der Waals surface area contributed by atoms with Gasteiger partial charge in [-0.15, -0.1) is 0 Å². The van der Waals surface area contributed by atoms with Crippen LogP contribution in [0.5, 0.6) is 0 Å². The Hall–Kier alpha value is -0.0400. The van der Waals surface area contributed by atoms with Crippen LogP contribution < -0.4 is 0 Å². The second kappa shape index (κ2) is 5.34. The molecule has 0 amide bonds. The number of aliphatic hydroxyl groups is 1. The third-order valence-corrected chi connectivity index (χ3v) is 4.68. The lowest BCUT2D eigenvalue weighted by molar-refractivity contribution is -0.0793. The summed E-state index contributed by atoms with van der Waals surface area (Å²) in [7, 11) is 0. The fourth-order valence-electron chi connectivity index (χ4n) is 2.20. The van der Waals surface area contributed by atoms with Crippen LogP contribution in [0.25, 0.3) is 0 Å². The Bertz CT molecular complexity index is 182. The molecule has 0 fully saturated rings. The van der Waals surface area contributed by atoms with E-state index < -0.39 is 5.60 Å². The summed E-state index contributed by atoms with van der Waals surface area (Å²) in [6, 6.07) is 0. The highest BCUT2D eigenvalue weighted by molar-refractivity contribution is 4.89. The minimum Gasteiger partial charge on any atom is -0.390 e. The molecule has 0 spiro atoms. The quantitative estimate of drug-likeness (QED) is 0.734. The van der Waals surface area contributed by atoms with Crippen LogP contribution in [0.3, 0.4) is 0 Å². The summed E-state index contributed by atoms with van der Waals surface area (Å²) in [5.41, 5.74) is -0.558. The van der Waals surface area contributed by atoms with Gasteiger partial charge in [-0.1, -0.05) is 48.5 Å². The SMILES string of the molecule is CC(C)C(C)C(C)C(C)(O)C(C)C(C)C. The largest absolute Gasteiger partial charge is 0.390 e. The zero-order chi connectivity index (χ0) is 12.4. The summed E-state index contributed by atoms with van der Waals surface area (Å²) in [5, 5.41) is 10.6. The molecule has 0 rings (SSSR count). The average molecular weight is 214 g/mol. The van der Waals surface area contributed by atoms with E-state index in [1.54, 1.807) is 0 Å². The van der Waals surface area contributed by atoms with E-state index in [1.807, 2.05) is 6.92 Å². The molecule has 4 atom stereocenters. The van der Waals surface area contributed by atoms with E-state index in [1.165, 1.54) is 0 Å². The van der Waals surface area contributed by atoms with Gasteiger partial charge in [0.1, 0.15) is 0 Å². The van der Waals surface area contributed by atoms with Crippen molar-refractivity contribution >= 4 is 0 Å². The van der Waals surface area contributed by atoms with Gasteiger partial charge in [-0.25, -0.2) is 0 Å². The van der Waals surface area contributed by atoms with Crippen LogP contribution in [0.15, 0.2) is 0 Å². The molecule has 0 radical (unpaired) electrons. The first-order valence-electron chi connectivity index (χ1n) is 6.34. The van der Waals surface area contributed by atoms with Crippen LogP contribution in [0.1, 0.15) is 55.4 Å². The van der Waals surface area contributed by atoms with E-state index >= 15 is 0 Å². The summed E-state index contributed by atoms with van der Waals surface area (Å²) in [5.74, 6) is 2.40. The van der Waals surface area contributed by atoms with E-state index in [0.717, 1.165) is 0 Å². The summed E-state index contributed by atoms with van der Waals surface area (Å²) >= 11 is 0. The molecule has 15 heavy (non-hydrogen) atoms. The van der Waals surface area contributed by atoms with E-state index in [-0.39, 0.29) is 0 Å². The van der Waals surface area contributed by atoms with Gasteiger partial charge in [0.15, 0.2) is 0 Å². The molecule has 0 saturated heterocycles. The van der Waals surface area contributed by atoms with E-state index in [0.29, 0.717) is 29.6 Å². The van der Waals surface area contributed by atoms with Crippen LogP contribution in [-0.2, 0) is 0 Å². The fourth-order valence-corrected chi connectivity index (χ4v) is 2.20. The van der Waals surface area contributed by atoms with E-state index in [4.69, 9.17) is 0 Å². The van der Waals surface area contributed by atoms with Gasteiger partial charge in [-0.05, 0) is 36.5 Å². The second-order valence-corrected chi connectivity index (χ2v) is 6.15. The van der Waals surface area contributed by atoms with Gasteiger partial charge in [0.25, 0.3) is 0 Å². The Morgan fingerprint density at radius 1 is 0.733 bits per heavy atom. The Morgan fingerprint density at radius 3 is 1.40 bits per heavy atom. The molecular weight excluding hydrogens is 184 g/mol. The lowest BCUT2D eigenvalue weighted by Crippen LogP contribution is -2.45. The molecule has 0 aromatic rings. The Morgan fingerprint density at radius 2 is 1.13 bits per heavy atom. The van der Waals surface area contributed by atoms with Crippen molar-refractivity contribution in [2.45, 2.75) is 61.0 Å². The first-order chi connectivity index (χ1) is 6.62. The molecule has 0 aliphatic carbocycles. The van der Waals surface area contributed by atoms with Crippen LogP contribution in [-0.4, -0.2) is 10.7 Å². The molecule has 1 N–H and O–H groups in total. The maximum absolute atomic E-state index is 10.6. The van der Waals surface area contributed by atoms with E-state index in [2.05, 4.69) is 48.5 Å². The molecule has 0 aliphatic rings. The first-order valence-corrected chi connectivity index (χ1v) is 6.34. The third-order valence-electron chi connectivity index (χ3n) is 4.68. The molecule has 0 aromatic heterocycles. The maximum Gasteiger partial charge on any atom is 0.0675 e. The normalized spacial score (nSPS) is 22.6. The minimum absolute atomic E-state index is 0.341. The highest BCUT2D eigenvalue weighted by Gasteiger charge is 2.39. The third kappa shape index (κ3) is 3.48. The van der Waals surface area contributed by atoms with Crippen molar-refractivity contribution in [2.75, 3.05) is 0 Å². The van der Waals surface area contributed by atoms with Crippen LogP contribution in [0.4, 0.5) is 0 Å². The lowest BCUT2D eigenvalue weighted by Gasteiger charge is -2.42. The molecule has 0 bridgehead atoms. The Balaban J connectivity index is 4.71. The van der Waals surface area contributed by atoms with Crippen molar-refractivity contribution in [3.8, 4) is 0 Å². The van der Waals surface area contributed by atoms with Gasteiger partial charge in [-0.3, -0.25) is 0 Å². The fraction of sp³-hybridized carbons (Fsp3) is 1.00. The van der Waals surface area contributed by atoms with Crippen molar-refractivity contribution in [1.29, 1.82) is 0 Å². The Kier molecular flexibility index (Phi) is 5.32. The zero-order valence-corrected chi connectivity index (χ0v) is 11.8. The molecule has 92 valence electrons. The molecule has 0 aliphatic heterocycles. The van der Waals surface area contributed by atoms with Gasteiger partial charge in [0, 0.05) is 0 Å². The van der Waals surface area contributed by atoms with Crippen molar-refractivity contribution < 1.29 is 5.11 Å². The van der Waals surface area contributed by atoms with Gasteiger partial charge in [0.2, 0.25) is 0 Å². The van der Waals surface area contributed by atoms with E-state index in [9.17, 15) is 5.11 Å². The predicted molar refractivity (Wildman–Crippen MR) is 67.8 cm³/mol. The molecule has 0 aromatic carbocycles. The topological polar surface area (TPSA) is 20.2 Å². The maximum atomic E-state index is 10.6. The van der Waals surface area contributed by atoms with Gasteiger partial charge in [-0.2, -0.15) is 0 Å². The Labute approximate surface area is 96.3 Å². The van der Waals surface area contributed by atoms with Crippen molar-refractivity contribution in [1.82, 2.24) is 0 Å². The molecule has 1 heteroatoms. The van der Waals surface area contributed by atoms with Crippen LogP contribution >= 0.6 is 0 Å². The number of hydrogen-bond donors (Lipinski definition) is 1. The van der Waals surface area contributed by atoms with Gasteiger partial charge < -0.3 is 5.11 Å². The van der Waals surface area contributed by atoms with Crippen molar-refractivity contribution in [3.05, 3.63) is 0 Å². The summed E-state index contributed by atoms with van der Waals surface area (Å²) in [6.45, 7) is 17.4. The van der Waals surface area contributed by atoms with Crippen molar-refractivity contribution in [2.24, 2.45) is 29.6 Å². The smallest absolute Gasteiger partial charge is 0.0675 e. The summed E-state index contributed by atoms with van der Waals surface area (Å²) < 4.78 is 0. The minimum atomic E-state index is -0.558.